The van der Waals surface area contributed by atoms with Crippen molar-refractivity contribution in [3.05, 3.63) is 0 Å². The Morgan fingerprint density at radius 2 is 1.94 bits per heavy atom. The molecular formula is C13H27NO2. The molecule has 0 fully saturated rings. The number of nitrogens with one attached hydrogen (secondary N) is 1. The van der Waals surface area contributed by atoms with Gasteiger partial charge in [0.05, 0.1) is 11.6 Å². The summed E-state index contributed by atoms with van der Waals surface area (Å²) in [5.74, 6) is 0.140. The predicted octanol–water partition coefficient (Wildman–Crippen LogP) is 2.13. The molecule has 96 valence electrons. The van der Waals surface area contributed by atoms with Crippen LogP contribution in [0.15, 0.2) is 0 Å². The van der Waals surface area contributed by atoms with Gasteiger partial charge in [0.1, 0.15) is 0 Å². The lowest BCUT2D eigenvalue weighted by Crippen LogP contribution is -2.52. The van der Waals surface area contributed by atoms with Crippen molar-refractivity contribution in [3.8, 4) is 0 Å². The average Bonchev–Trinajstić information content (AvgIpc) is 2.16. The van der Waals surface area contributed by atoms with Crippen LogP contribution in [0.2, 0.25) is 0 Å². The zero-order chi connectivity index (χ0) is 12.8. The van der Waals surface area contributed by atoms with Crippen LogP contribution in [0.4, 0.5) is 0 Å². The molecule has 2 atom stereocenters. The zero-order valence-corrected chi connectivity index (χ0v) is 11.3. The fourth-order valence-corrected chi connectivity index (χ4v) is 1.97. The highest BCUT2D eigenvalue weighted by atomic mass is 16.3. The Morgan fingerprint density at radius 1 is 1.38 bits per heavy atom. The van der Waals surface area contributed by atoms with Crippen LogP contribution in [0.25, 0.3) is 0 Å². The van der Waals surface area contributed by atoms with Gasteiger partial charge in [0, 0.05) is 5.92 Å². The summed E-state index contributed by atoms with van der Waals surface area (Å²) in [6, 6.07) is -0.468. The van der Waals surface area contributed by atoms with E-state index < -0.39 is 11.6 Å². The zero-order valence-electron chi connectivity index (χ0n) is 11.3. The highest BCUT2D eigenvalue weighted by Crippen LogP contribution is 2.17. The van der Waals surface area contributed by atoms with E-state index >= 15 is 0 Å². The Bertz CT molecular complexity index is 208. The van der Waals surface area contributed by atoms with E-state index in [-0.39, 0.29) is 11.7 Å². The maximum atomic E-state index is 12.1. The summed E-state index contributed by atoms with van der Waals surface area (Å²) in [6.45, 7) is 7.45. The normalized spacial score (nSPS) is 15.9. The van der Waals surface area contributed by atoms with Gasteiger partial charge in [-0.05, 0) is 27.3 Å². The Balaban J connectivity index is 4.29. The van der Waals surface area contributed by atoms with Gasteiger partial charge in [-0.15, -0.1) is 0 Å². The van der Waals surface area contributed by atoms with Crippen LogP contribution in [-0.4, -0.2) is 29.6 Å². The second kappa shape index (κ2) is 7.02. The largest absolute Gasteiger partial charge is 0.388 e. The third-order valence-electron chi connectivity index (χ3n) is 3.01. The molecule has 2 N–H and O–H groups in total. The number of hydrogen-bond donors (Lipinski definition) is 2. The lowest BCUT2D eigenvalue weighted by atomic mass is 9.86. The van der Waals surface area contributed by atoms with Gasteiger partial charge in [-0.1, -0.05) is 33.1 Å². The van der Waals surface area contributed by atoms with E-state index in [0.29, 0.717) is 0 Å². The van der Waals surface area contributed by atoms with Crippen LogP contribution in [0.3, 0.4) is 0 Å². The molecule has 0 saturated carbocycles. The summed E-state index contributed by atoms with van der Waals surface area (Å²) in [6.07, 6.45) is 4.35. The standard InChI is InChI=1S/C13H27NO2/c1-6-7-8-9-10(2)11(15)12(14-5)13(3,4)16/h10,12,14,16H,6-9H2,1-5H3/t10?,12-/m1/s1. The highest BCUT2D eigenvalue weighted by Gasteiger charge is 2.33. The van der Waals surface area contributed by atoms with E-state index in [2.05, 4.69) is 12.2 Å². The molecule has 0 aromatic rings. The Hall–Kier alpha value is -0.410. The number of rotatable bonds is 8. The molecule has 1 unspecified atom stereocenters. The molecule has 3 nitrogen and oxygen atoms in total. The summed E-state index contributed by atoms with van der Waals surface area (Å²) < 4.78 is 0. The van der Waals surface area contributed by atoms with Crippen LogP contribution in [0.1, 0.15) is 53.4 Å². The Labute approximate surface area is 99.6 Å². The molecular weight excluding hydrogens is 202 g/mol. The van der Waals surface area contributed by atoms with Gasteiger partial charge in [-0.25, -0.2) is 0 Å². The van der Waals surface area contributed by atoms with Crippen molar-refractivity contribution >= 4 is 5.78 Å². The van der Waals surface area contributed by atoms with E-state index in [9.17, 15) is 9.90 Å². The number of Topliss-reactive ketones (excluding diaryl/α,β-unsaturated/α-hetero) is 1. The molecule has 0 heterocycles. The third-order valence-corrected chi connectivity index (χ3v) is 3.01. The third kappa shape index (κ3) is 5.08. The maximum absolute atomic E-state index is 12.1. The van der Waals surface area contributed by atoms with Crippen LogP contribution >= 0.6 is 0 Å². The van der Waals surface area contributed by atoms with Crippen LogP contribution in [-0.2, 0) is 4.79 Å². The number of carbonyl (C=O) groups excluding carboxylic acids is 1. The van der Waals surface area contributed by atoms with Crippen molar-refractivity contribution in [2.45, 2.75) is 65.0 Å². The van der Waals surface area contributed by atoms with Gasteiger partial charge in [-0.3, -0.25) is 4.79 Å². The van der Waals surface area contributed by atoms with Gasteiger partial charge < -0.3 is 10.4 Å². The molecule has 0 rings (SSSR count). The first kappa shape index (κ1) is 15.6. The van der Waals surface area contributed by atoms with E-state index in [1.54, 1.807) is 20.9 Å². The smallest absolute Gasteiger partial charge is 0.155 e. The summed E-state index contributed by atoms with van der Waals surface area (Å²) in [5, 5.41) is 12.8. The molecule has 0 aromatic carbocycles. The molecule has 3 heteroatoms. The molecule has 16 heavy (non-hydrogen) atoms. The first-order valence-corrected chi connectivity index (χ1v) is 6.28. The second-order valence-electron chi connectivity index (χ2n) is 5.17. The Kier molecular flexibility index (Phi) is 6.84. The number of likely N-dealkylation sites (N-methyl/N-ethyl adjacent to an activating group) is 1. The predicted molar refractivity (Wildman–Crippen MR) is 67.5 cm³/mol. The molecule has 0 radical (unpaired) electrons. The van der Waals surface area contributed by atoms with E-state index in [4.69, 9.17) is 0 Å². The van der Waals surface area contributed by atoms with Crippen molar-refractivity contribution in [2.75, 3.05) is 7.05 Å². The molecule has 0 spiro atoms. The fraction of sp³-hybridized carbons (Fsp3) is 0.923. The molecule has 0 aliphatic rings. The first-order valence-electron chi connectivity index (χ1n) is 6.28. The second-order valence-corrected chi connectivity index (χ2v) is 5.17. The molecule has 0 saturated heterocycles. The van der Waals surface area contributed by atoms with Gasteiger partial charge in [0.25, 0.3) is 0 Å². The minimum Gasteiger partial charge on any atom is -0.388 e. The van der Waals surface area contributed by atoms with Crippen LogP contribution in [0, 0.1) is 5.92 Å². The molecule has 0 aliphatic heterocycles. The first-order chi connectivity index (χ1) is 7.34. The van der Waals surface area contributed by atoms with Gasteiger partial charge >= 0.3 is 0 Å². The summed E-state index contributed by atoms with van der Waals surface area (Å²) >= 11 is 0. The number of carbonyl (C=O) groups is 1. The quantitative estimate of drug-likeness (QED) is 0.627. The summed E-state index contributed by atoms with van der Waals surface area (Å²) in [5.41, 5.74) is -0.995. The molecule has 0 bridgehead atoms. The fourth-order valence-electron chi connectivity index (χ4n) is 1.97. The SMILES string of the molecule is CCCCCC(C)C(=O)[C@@H](NC)C(C)(C)O. The highest BCUT2D eigenvalue weighted by molar-refractivity contribution is 5.87. The minimum atomic E-state index is -0.995. The lowest BCUT2D eigenvalue weighted by molar-refractivity contribution is -0.130. The molecule has 0 amide bonds. The van der Waals surface area contributed by atoms with Crippen LogP contribution in [0.5, 0.6) is 0 Å². The Morgan fingerprint density at radius 3 is 2.31 bits per heavy atom. The number of aliphatic hydroxyl groups is 1. The number of unbranched alkanes of at least 4 members (excludes halogenated alkanes) is 2. The monoisotopic (exact) mass is 229 g/mol. The van der Waals surface area contributed by atoms with Crippen molar-refractivity contribution < 1.29 is 9.90 Å². The van der Waals surface area contributed by atoms with Gasteiger partial charge in [0.2, 0.25) is 0 Å². The van der Waals surface area contributed by atoms with Crippen molar-refractivity contribution in [1.29, 1.82) is 0 Å². The lowest BCUT2D eigenvalue weighted by Gasteiger charge is -2.29. The van der Waals surface area contributed by atoms with Crippen molar-refractivity contribution in [1.82, 2.24) is 5.32 Å². The summed E-state index contributed by atoms with van der Waals surface area (Å²) in [4.78, 5) is 12.1. The van der Waals surface area contributed by atoms with E-state index in [1.807, 2.05) is 6.92 Å². The van der Waals surface area contributed by atoms with Crippen molar-refractivity contribution in [2.24, 2.45) is 5.92 Å². The van der Waals surface area contributed by atoms with E-state index in [1.165, 1.54) is 12.8 Å². The van der Waals surface area contributed by atoms with Gasteiger partial charge in [0.15, 0.2) is 5.78 Å². The number of hydrogen-bond acceptors (Lipinski definition) is 3. The molecule has 0 aromatic heterocycles. The molecule has 0 aliphatic carbocycles. The van der Waals surface area contributed by atoms with Crippen molar-refractivity contribution in [3.63, 3.8) is 0 Å². The topological polar surface area (TPSA) is 49.3 Å². The number of ketones is 1. The average molecular weight is 229 g/mol. The van der Waals surface area contributed by atoms with E-state index in [0.717, 1.165) is 12.8 Å². The van der Waals surface area contributed by atoms with Crippen LogP contribution < -0.4 is 5.32 Å². The maximum Gasteiger partial charge on any atom is 0.155 e. The minimum absolute atomic E-state index is 0.0235. The summed E-state index contributed by atoms with van der Waals surface area (Å²) in [7, 11) is 1.72. The van der Waals surface area contributed by atoms with Gasteiger partial charge in [-0.2, -0.15) is 0 Å².